The van der Waals surface area contributed by atoms with Crippen LogP contribution in [0.5, 0.6) is 0 Å². The molecule has 0 aliphatic heterocycles. The van der Waals surface area contributed by atoms with Crippen molar-refractivity contribution >= 4 is 65.1 Å². The minimum Gasteiger partial charge on any atom is -0.374 e. The number of rotatable bonds is 4. The van der Waals surface area contributed by atoms with Crippen molar-refractivity contribution in [3.05, 3.63) is 25.6 Å². The molecule has 1 aromatic carbocycles. The van der Waals surface area contributed by atoms with Crippen molar-refractivity contribution in [2.45, 2.75) is 32.6 Å². The van der Waals surface area contributed by atoms with Gasteiger partial charge in [0.1, 0.15) is 0 Å². The molecule has 2 N–H and O–H groups in total. The number of carbonyl (C=O) groups is 1. The first-order valence-electron chi connectivity index (χ1n) is 7.21. The van der Waals surface area contributed by atoms with E-state index in [4.69, 9.17) is 0 Å². The molecule has 1 fully saturated rings. The van der Waals surface area contributed by atoms with E-state index in [1.807, 2.05) is 12.1 Å². The van der Waals surface area contributed by atoms with Crippen molar-refractivity contribution in [2.75, 3.05) is 11.9 Å². The standard InChI is InChI=1S/C15H18Br3N3O/c1-9-4-2-3-5-13(9)20-21-14(22)8-19-15-11(17)6-10(16)7-12(15)18/h6-7,9,19H,2-5,8H2,1H3,(H,21,22)/b20-13-/t9-/m1/s1. The molecule has 1 aromatic rings. The molecular formula is C15H18Br3N3O. The smallest absolute Gasteiger partial charge is 0.259 e. The van der Waals surface area contributed by atoms with Crippen LogP contribution in [0.3, 0.4) is 0 Å². The Morgan fingerprint density at radius 2 is 1.95 bits per heavy atom. The topological polar surface area (TPSA) is 53.5 Å². The predicted molar refractivity (Wildman–Crippen MR) is 101 cm³/mol. The lowest BCUT2D eigenvalue weighted by Gasteiger charge is -2.19. The first kappa shape index (κ1) is 17.9. The van der Waals surface area contributed by atoms with Crippen LogP contribution >= 0.6 is 47.8 Å². The fraction of sp³-hybridized carbons (Fsp3) is 0.467. The molecule has 4 nitrogen and oxygen atoms in total. The van der Waals surface area contributed by atoms with Crippen LogP contribution in [0, 0.1) is 5.92 Å². The van der Waals surface area contributed by atoms with Crippen LogP contribution in [0.2, 0.25) is 0 Å². The molecule has 0 saturated heterocycles. The number of hydrogen-bond donors (Lipinski definition) is 2. The molecular weight excluding hydrogens is 478 g/mol. The Bertz CT molecular complexity index is 566. The van der Waals surface area contributed by atoms with Crippen molar-refractivity contribution in [2.24, 2.45) is 11.0 Å². The molecule has 0 radical (unpaired) electrons. The molecule has 7 heteroatoms. The summed E-state index contributed by atoms with van der Waals surface area (Å²) in [4.78, 5) is 11.9. The molecule has 0 spiro atoms. The number of anilines is 1. The van der Waals surface area contributed by atoms with Gasteiger partial charge in [-0.2, -0.15) is 5.10 Å². The molecule has 0 heterocycles. The maximum Gasteiger partial charge on any atom is 0.259 e. The molecule has 1 aliphatic carbocycles. The normalized spacial score (nSPS) is 20.0. The van der Waals surface area contributed by atoms with E-state index in [2.05, 4.69) is 70.6 Å². The number of amides is 1. The number of hydrazone groups is 1. The van der Waals surface area contributed by atoms with Gasteiger partial charge < -0.3 is 5.32 Å². The zero-order chi connectivity index (χ0) is 16.1. The summed E-state index contributed by atoms with van der Waals surface area (Å²) in [6, 6.07) is 3.85. The van der Waals surface area contributed by atoms with E-state index in [0.29, 0.717) is 5.92 Å². The molecule has 1 aliphatic rings. The van der Waals surface area contributed by atoms with Crippen LogP contribution in [-0.4, -0.2) is 18.2 Å². The fourth-order valence-corrected chi connectivity index (χ4v) is 4.93. The number of hydrogen-bond acceptors (Lipinski definition) is 3. The Morgan fingerprint density at radius 3 is 2.59 bits per heavy atom. The van der Waals surface area contributed by atoms with E-state index in [1.165, 1.54) is 6.42 Å². The van der Waals surface area contributed by atoms with Gasteiger partial charge in [0.15, 0.2) is 0 Å². The van der Waals surface area contributed by atoms with Crippen LogP contribution in [0.4, 0.5) is 5.69 Å². The van der Waals surface area contributed by atoms with Gasteiger partial charge >= 0.3 is 0 Å². The second kappa shape index (κ2) is 8.45. The zero-order valence-electron chi connectivity index (χ0n) is 12.3. The average molecular weight is 496 g/mol. The van der Waals surface area contributed by atoms with E-state index in [-0.39, 0.29) is 12.5 Å². The highest BCUT2D eigenvalue weighted by Gasteiger charge is 2.16. The first-order chi connectivity index (χ1) is 10.5. The van der Waals surface area contributed by atoms with E-state index in [0.717, 1.165) is 44.1 Å². The second-order valence-corrected chi connectivity index (χ2v) is 8.01. The van der Waals surface area contributed by atoms with Crippen LogP contribution in [-0.2, 0) is 4.79 Å². The van der Waals surface area contributed by atoms with E-state index in [9.17, 15) is 4.79 Å². The molecule has 120 valence electrons. The maximum atomic E-state index is 11.9. The lowest BCUT2D eigenvalue weighted by molar-refractivity contribution is -0.119. The monoisotopic (exact) mass is 493 g/mol. The Morgan fingerprint density at radius 1 is 1.27 bits per heavy atom. The molecule has 0 bridgehead atoms. The molecule has 1 saturated carbocycles. The van der Waals surface area contributed by atoms with Crippen molar-refractivity contribution < 1.29 is 4.79 Å². The van der Waals surface area contributed by atoms with E-state index < -0.39 is 0 Å². The van der Waals surface area contributed by atoms with Crippen molar-refractivity contribution in [1.82, 2.24) is 5.43 Å². The highest BCUT2D eigenvalue weighted by atomic mass is 79.9. The average Bonchev–Trinajstić information content (AvgIpc) is 2.45. The Labute approximate surface area is 155 Å². The molecule has 0 aromatic heterocycles. The minimum absolute atomic E-state index is 0.146. The van der Waals surface area contributed by atoms with E-state index in [1.54, 1.807) is 0 Å². The number of halogens is 3. The van der Waals surface area contributed by atoms with Gasteiger partial charge in [-0.3, -0.25) is 4.79 Å². The van der Waals surface area contributed by atoms with Crippen molar-refractivity contribution in [3.63, 3.8) is 0 Å². The highest BCUT2D eigenvalue weighted by Crippen LogP contribution is 2.34. The third-order valence-corrected chi connectivity index (χ3v) is 5.35. The quantitative estimate of drug-likeness (QED) is 0.573. The summed E-state index contributed by atoms with van der Waals surface area (Å²) < 4.78 is 2.72. The summed E-state index contributed by atoms with van der Waals surface area (Å²) in [5, 5.41) is 7.39. The van der Waals surface area contributed by atoms with Crippen LogP contribution in [0.25, 0.3) is 0 Å². The second-order valence-electron chi connectivity index (χ2n) is 5.38. The summed E-state index contributed by atoms with van der Waals surface area (Å²) >= 11 is 10.4. The molecule has 22 heavy (non-hydrogen) atoms. The largest absolute Gasteiger partial charge is 0.374 e. The first-order valence-corrected chi connectivity index (χ1v) is 9.59. The zero-order valence-corrected chi connectivity index (χ0v) is 17.0. The van der Waals surface area contributed by atoms with Crippen molar-refractivity contribution in [1.29, 1.82) is 0 Å². The predicted octanol–water partition coefficient (Wildman–Crippen LogP) is 5.07. The number of benzene rings is 1. The highest BCUT2D eigenvalue weighted by molar-refractivity contribution is 9.11. The van der Waals surface area contributed by atoms with Crippen LogP contribution in [0.1, 0.15) is 32.6 Å². The summed E-state index contributed by atoms with van der Waals surface area (Å²) in [6.07, 6.45) is 4.56. The summed E-state index contributed by atoms with van der Waals surface area (Å²) in [6.45, 7) is 2.34. The van der Waals surface area contributed by atoms with Gasteiger partial charge in [-0.25, -0.2) is 5.43 Å². The van der Waals surface area contributed by atoms with Gasteiger partial charge in [0.05, 0.1) is 12.2 Å². The van der Waals surface area contributed by atoms with E-state index >= 15 is 0 Å². The lowest BCUT2D eigenvalue weighted by Crippen LogP contribution is -2.29. The summed E-state index contributed by atoms with van der Waals surface area (Å²) in [7, 11) is 0. The lowest BCUT2D eigenvalue weighted by atomic mass is 9.89. The van der Waals surface area contributed by atoms with Gasteiger partial charge in [-0.05, 0) is 69.2 Å². The van der Waals surface area contributed by atoms with Crippen LogP contribution < -0.4 is 10.7 Å². The number of nitrogens with zero attached hydrogens (tertiary/aromatic N) is 1. The molecule has 1 atom stereocenters. The van der Waals surface area contributed by atoms with Gasteiger partial charge in [0, 0.05) is 19.1 Å². The SMILES string of the molecule is C[C@@H]1CCCC/C1=N/NC(=O)CNc1c(Br)cc(Br)cc1Br. The molecule has 0 unspecified atom stereocenters. The van der Waals surface area contributed by atoms with Crippen molar-refractivity contribution in [3.8, 4) is 0 Å². The summed E-state index contributed by atoms with van der Waals surface area (Å²) in [5.74, 6) is 0.323. The molecule has 1 amide bonds. The minimum atomic E-state index is -0.146. The fourth-order valence-electron chi connectivity index (χ4n) is 2.39. The molecule has 2 rings (SSSR count). The summed E-state index contributed by atoms with van der Waals surface area (Å²) in [5.41, 5.74) is 4.60. The number of nitrogens with one attached hydrogen (secondary N) is 2. The van der Waals surface area contributed by atoms with Gasteiger partial charge in [-0.1, -0.05) is 29.3 Å². The maximum absolute atomic E-state index is 11.9. The number of carbonyl (C=O) groups excluding carboxylic acids is 1. The Kier molecular flexibility index (Phi) is 6.89. The van der Waals surface area contributed by atoms with Gasteiger partial charge in [0.25, 0.3) is 5.91 Å². The van der Waals surface area contributed by atoms with Gasteiger partial charge in [0.2, 0.25) is 0 Å². The third kappa shape index (κ3) is 5.06. The Hall–Kier alpha value is -0.400. The Balaban J connectivity index is 1.89. The third-order valence-electron chi connectivity index (χ3n) is 3.65. The van der Waals surface area contributed by atoms with Crippen LogP contribution in [0.15, 0.2) is 30.7 Å². The van der Waals surface area contributed by atoms with Gasteiger partial charge in [-0.15, -0.1) is 0 Å².